The molecule has 2 aromatic carbocycles. The van der Waals surface area contributed by atoms with Crippen LogP contribution in [0.1, 0.15) is 29.0 Å². The van der Waals surface area contributed by atoms with Gasteiger partial charge in [0.1, 0.15) is 11.9 Å². The highest BCUT2D eigenvalue weighted by Gasteiger charge is 2.28. The molecule has 0 saturated carbocycles. The molecular formula is C19H17NO2. The molecule has 1 aliphatic rings. The standard InChI is InChI=1S/C19H17NO2/c21-17(18-10-5-11-22-18)12-20-19-15-8-3-1-6-13(15)14-7-2-4-9-16(14)19/h1-11,17,19-21H,12H2. The van der Waals surface area contributed by atoms with Crippen molar-refractivity contribution in [2.45, 2.75) is 12.1 Å². The average molecular weight is 291 g/mol. The number of aliphatic hydroxyl groups is 1. The third-order valence-corrected chi connectivity index (χ3v) is 4.22. The Morgan fingerprint density at radius 1 is 0.909 bits per heavy atom. The largest absolute Gasteiger partial charge is 0.467 e. The number of furan rings is 1. The molecule has 1 aromatic heterocycles. The highest BCUT2D eigenvalue weighted by Crippen LogP contribution is 2.43. The molecule has 1 atom stereocenters. The second kappa shape index (κ2) is 5.44. The van der Waals surface area contributed by atoms with Crippen LogP contribution in [0, 0.1) is 0 Å². The lowest BCUT2D eigenvalue weighted by atomic mass is 10.1. The first kappa shape index (κ1) is 13.3. The van der Waals surface area contributed by atoms with Crippen LogP contribution in [0.2, 0.25) is 0 Å². The molecule has 1 aliphatic carbocycles. The van der Waals surface area contributed by atoms with Gasteiger partial charge in [0.2, 0.25) is 0 Å². The minimum Gasteiger partial charge on any atom is -0.467 e. The van der Waals surface area contributed by atoms with Crippen LogP contribution in [0.25, 0.3) is 11.1 Å². The van der Waals surface area contributed by atoms with Gasteiger partial charge >= 0.3 is 0 Å². The Morgan fingerprint density at radius 2 is 1.55 bits per heavy atom. The fourth-order valence-corrected chi connectivity index (χ4v) is 3.19. The van der Waals surface area contributed by atoms with E-state index in [0.717, 1.165) is 0 Å². The number of benzene rings is 2. The van der Waals surface area contributed by atoms with E-state index in [1.54, 1.807) is 18.4 Å². The molecule has 1 heterocycles. The van der Waals surface area contributed by atoms with Crippen molar-refractivity contribution in [1.82, 2.24) is 5.32 Å². The van der Waals surface area contributed by atoms with Crippen LogP contribution in [0.5, 0.6) is 0 Å². The molecule has 110 valence electrons. The Morgan fingerprint density at radius 3 is 2.14 bits per heavy atom. The third kappa shape index (κ3) is 2.15. The van der Waals surface area contributed by atoms with E-state index in [0.29, 0.717) is 12.3 Å². The lowest BCUT2D eigenvalue weighted by Gasteiger charge is -2.17. The van der Waals surface area contributed by atoms with Crippen molar-refractivity contribution in [2.24, 2.45) is 0 Å². The summed E-state index contributed by atoms with van der Waals surface area (Å²) in [5.74, 6) is 0.590. The van der Waals surface area contributed by atoms with E-state index < -0.39 is 6.10 Å². The normalized spacial score (nSPS) is 14.6. The molecular weight excluding hydrogens is 274 g/mol. The maximum Gasteiger partial charge on any atom is 0.133 e. The van der Waals surface area contributed by atoms with E-state index >= 15 is 0 Å². The van der Waals surface area contributed by atoms with Crippen LogP contribution >= 0.6 is 0 Å². The van der Waals surface area contributed by atoms with Gasteiger partial charge in [-0.05, 0) is 34.4 Å². The molecule has 0 bridgehead atoms. The Bertz CT molecular complexity index is 734. The zero-order chi connectivity index (χ0) is 14.9. The second-order valence-electron chi connectivity index (χ2n) is 5.55. The quantitative estimate of drug-likeness (QED) is 0.771. The second-order valence-corrected chi connectivity index (χ2v) is 5.55. The molecule has 2 N–H and O–H groups in total. The van der Waals surface area contributed by atoms with E-state index in [4.69, 9.17) is 4.42 Å². The van der Waals surface area contributed by atoms with Gasteiger partial charge in [0, 0.05) is 6.54 Å². The first-order valence-electron chi connectivity index (χ1n) is 7.47. The number of hydrogen-bond acceptors (Lipinski definition) is 3. The molecule has 1 unspecified atom stereocenters. The topological polar surface area (TPSA) is 45.4 Å². The first-order chi connectivity index (χ1) is 10.8. The van der Waals surface area contributed by atoms with Crippen molar-refractivity contribution in [3.63, 3.8) is 0 Å². The smallest absolute Gasteiger partial charge is 0.133 e. The highest BCUT2D eigenvalue weighted by atomic mass is 16.4. The monoisotopic (exact) mass is 291 g/mol. The van der Waals surface area contributed by atoms with Gasteiger partial charge in [-0.25, -0.2) is 0 Å². The van der Waals surface area contributed by atoms with Crippen molar-refractivity contribution in [2.75, 3.05) is 6.54 Å². The van der Waals surface area contributed by atoms with Crippen molar-refractivity contribution in [1.29, 1.82) is 0 Å². The predicted molar refractivity (Wildman–Crippen MR) is 85.4 cm³/mol. The van der Waals surface area contributed by atoms with Gasteiger partial charge in [0.05, 0.1) is 12.3 Å². The van der Waals surface area contributed by atoms with Crippen LogP contribution in [-0.2, 0) is 0 Å². The number of hydrogen-bond donors (Lipinski definition) is 2. The lowest BCUT2D eigenvalue weighted by Crippen LogP contribution is -2.25. The van der Waals surface area contributed by atoms with Gasteiger partial charge in [-0.1, -0.05) is 48.5 Å². The summed E-state index contributed by atoms with van der Waals surface area (Å²) in [6.45, 7) is 0.445. The molecule has 3 nitrogen and oxygen atoms in total. The number of fused-ring (bicyclic) bond motifs is 3. The fourth-order valence-electron chi connectivity index (χ4n) is 3.19. The number of aliphatic hydroxyl groups excluding tert-OH is 1. The van der Waals surface area contributed by atoms with Gasteiger partial charge in [0.15, 0.2) is 0 Å². The van der Waals surface area contributed by atoms with E-state index in [9.17, 15) is 5.11 Å². The molecule has 0 saturated heterocycles. The summed E-state index contributed by atoms with van der Waals surface area (Å²) in [5.41, 5.74) is 5.05. The van der Waals surface area contributed by atoms with Crippen molar-refractivity contribution in [3.05, 3.63) is 83.8 Å². The van der Waals surface area contributed by atoms with Gasteiger partial charge in [-0.3, -0.25) is 0 Å². The SMILES string of the molecule is OC(CNC1c2ccccc2-c2ccccc21)c1ccco1. The van der Waals surface area contributed by atoms with Crippen molar-refractivity contribution >= 4 is 0 Å². The molecule has 4 rings (SSSR count). The highest BCUT2D eigenvalue weighted by molar-refractivity contribution is 5.78. The van der Waals surface area contributed by atoms with Crippen molar-refractivity contribution < 1.29 is 9.52 Å². The first-order valence-corrected chi connectivity index (χ1v) is 7.47. The summed E-state index contributed by atoms with van der Waals surface area (Å²) >= 11 is 0. The van der Waals surface area contributed by atoms with E-state index in [-0.39, 0.29) is 6.04 Å². The van der Waals surface area contributed by atoms with Crippen LogP contribution < -0.4 is 5.32 Å². The zero-order valence-electron chi connectivity index (χ0n) is 12.1. The summed E-state index contributed by atoms with van der Waals surface area (Å²) < 4.78 is 5.26. The molecule has 0 spiro atoms. The number of rotatable bonds is 4. The van der Waals surface area contributed by atoms with Gasteiger partial charge in [-0.2, -0.15) is 0 Å². The Kier molecular flexibility index (Phi) is 3.29. The molecule has 0 aliphatic heterocycles. The number of nitrogens with one attached hydrogen (secondary N) is 1. The third-order valence-electron chi connectivity index (χ3n) is 4.22. The van der Waals surface area contributed by atoms with Crippen LogP contribution in [0.15, 0.2) is 71.3 Å². The van der Waals surface area contributed by atoms with E-state index in [1.807, 2.05) is 0 Å². The summed E-state index contributed by atoms with van der Waals surface area (Å²) in [6.07, 6.45) is 0.938. The summed E-state index contributed by atoms with van der Waals surface area (Å²) in [7, 11) is 0. The van der Waals surface area contributed by atoms with E-state index in [2.05, 4.69) is 53.8 Å². The van der Waals surface area contributed by atoms with Gasteiger partial charge < -0.3 is 14.8 Å². The molecule has 0 amide bonds. The van der Waals surface area contributed by atoms with Crippen molar-refractivity contribution in [3.8, 4) is 11.1 Å². The van der Waals surface area contributed by atoms with Crippen LogP contribution in [-0.4, -0.2) is 11.7 Å². The fraction of sp³-hybridized carbons (Fsp3) is 0.158. The molecule has 0 fully saturated rings. The lowest BCUT2D eigenvalue weighted by molar-refractivity contribution is 0.145. The summed E-state index contributed by atoms with van der Waals surface area (Å²) in [6, 6.07) is 20.5. The predicted octanol–water partition coefficient (Wildman–Crippen LogP) is 3.67. The average Bonchev–Trinajstić information content (AvgIpc) is 3.20. The molecule has 3 aromatic rings. The van der Waals surface area contributed by atoms with Crippen LogP contribution in [0.3, 0.4) is 0 Å². The molecule has 3 heteroatoms. The maximum absolute atomic E-state index is 10.2. The minimum atomic E-state index is -0.644. The summed E-state index contributed by atoms with van der Waals surface area (Å²) in [4.78, 5) is 0. The van der Waals surface area contributed by atoms with E-state index in [1.165, 1.54) is 22.3 Å². The Balaban J connectivity index is 1.62. The molecule has 22 heavy (non-hydrogen) atoms. The zero-order valence-corrected chi connectivity index (χ0v) is 12.1. The molecule has 0 radical (unpaired) electrons. The van der Waals surface area contributed by atoms with Crippen LogP contribution in [0.4, 0.5) is 0 Å². The Hall–Kier alpha value is -2.36. The Labute approximate surface area is 129 Å². The minimum absolute atomic E-state index is 0.108. The van der Waals surface area contributed by atoms with Gasteiger partial charge in [-0.15, -0.1) is 0 Å². The summed E-state index contributed by atoms with van der Waals surface area (Å²) in [5, 5.41) is 13.7. The van der Waals surface area contributed by atoms with Gasteiger partial charge in [0.25, 0.3) is 0 Å². The maximum atomic E-state index is 10.2.